The van der Waals surface area contributed by atoms with Crippen LogP contribution in [-0.4, -0.2) is 79.3 Å². The van der Waals surface area contributed by atoms with E-state index in [1.54, 1.807) is 48.5 Å². The molecule has 20 heteroatoms. The summed E-state index contributed by atoms with van der Waals surface area (Å²) in [5.41, 5.74) is 12.7. The lowest BCUT2D eigenvalue weighted by Crippen LogP contribution is -2.57. The molecule has 0 unspecified atom stereocenters. The van der Waals surface area contributed by atoms with Gasteiger partial charge in [0.2, 0.25) is 11.6 Å². The van der Waals surface area contributed by atoms with E-state index in [9.17, 15) is 55.7 Å². The molecule has 79 heavy (non-hydrogen) atoms. The Labute approximate surface area is 450 Å². The second kappa shape index (κ2) is 26.6. The van der Waals surface area contributed by atoms with Crippen LogP contribution in [0.25, 0.3) is 12.2 Å². The summed E-state index contributed by atoms with van der Waals surface area (Å²) in [4.78, 5) is 54.8. The highest BCUT2D eigenvalue weighted by atomic mass is 19.4. The van der Waals surface area contributed by atoms with Crippen LogP contribution in [0.2, 0.25) is 0 Å². The van der Waals surface area contributed by atoms with Crippen molar-refractivity contribution in [1.29, 1.82) is 0 Å². The number of benzene rings is 6. The molecule has 0 aliphatic rings. The Bertz CT molecular complexity index is 3060. The summed E-state index contributed by atoms with van der Waals surface area (Å²) in [6.07, 6.45) is -7.32. The number of hydrogen-bond acceptors (Lipinski definition) is 14. The molecule has 416 valence electrons. The number of aliphatic hydroxyl groups is 2. The van der Waals surface area contributed by atoms with Crippen molar-refractivity contribution >= 4 is 47.0 Å². The van der Waals surface area contributed by atoms with Crippen molar-refractivity contribution in [3.05, 3.63) is 179 Å². The number of carbonyl (C=O) groups is 4. The van der Waals surface area contributed by atoms with Gasteiger partial charge >= 0.3 is 24.3 Å². The number of nitrogen functional groups attached to an aromatic ring is 2. The second-order valence-electron chi connectivity index (χ2n) is 18.2. The molecule has 0 aromatic heterocycles. The van der Waals surface area contributed by atoms with Gasteiger partial charge in [-0.3, -0.25) is 9.59 Å². The number of allylic oxidation sites excluding steroid dienone is 1. The normalized spacial score (nSPS) is 12.1. The largest absolute Gasteiger partial charge is 0.494 e. The number of esters is 2. The smallest absolute Gasteiger partial charge is 0.389 e. The van der Waals surface area contributed by atoms with Gasteiger partial charge < -0.3 is 50.1 Å². The predicted octanol–water partition coefficient (Wildman–Crippen LogP) is 11.2. The van der Waals surface area contributed by atoms with E-state index in [1.807, 2.05) is 0 Å². The quantitative estimate of drug-likeness (QED) is 0.00756. The predicted molar refractivity (Wildman–Crippen MR) is 282 cm³/mol. The Morgan fingerprint density at radius 1 is 0.519 bits per heavy atom. The van der Waals surface area contributed by atoms with Gasteiger partial charge in [-0.15, -0.1) is 0 Å². The number of alkyl halides is 6. The first-order chi connectivity index (χ1) is 37.4. The third-order valence-electron chi connectivity index (χ3n) is 12.2. The number of hydrogen-bond donors (Lipinski definition) is 4. The van der Waals surface area contributed by atoms with Crippen LogP contribution in [0.5, 0.6) is 34.5 Å². The number of methoxy groups -OCH3 is 2. The number of halogens is 6. The molecular formula is C59H56F6N2O12. The maximum absolute atomic E-state index is 14.4. The lowest BCUT2D eigenvalue weighted by atomic mass is 9.65. The standard InChI is InChI=1S/C59H56F6N2O12/c1-74-51-33-38(10-26-49(51)78-54(70)42-13-22-47(23-14-42)76-31-3-29-57(60,61)62)9-21-46(68)37-56(35-40-5-17-44(66)18-6-40,36-41-7-19-45(67)20-8-41)59(72,73)53(69)28-12-39-11-27-50(52(34-39)75-2)79-55(71)43-15-24-48(25-16-43)77-32-4-30-58(63,64)65/h5-28,33-34,72-73H,3-4,29-32,35-37,66-67H2,1-2H3/b21-9+,28-12+. The Morgan fingerprint density at radius 3 is 1.29 bits per heavy atom. The molecule has 0 fully saturated rings. The summed E-state index contributed by atoms with van der Waals surface area (Å²) in [5, 5.41) is 24.6. The number of rotatable bonds is 26. The van der Waals surface area contributed by atoms with Crippen LogP contribution in [0.4, 0.5) is 37.7 Å². The fourth-order valence-electron chi connectivity index (χ4n) is 8.10. The Hall–Kier alpha value is -8.62. The monoisotopic (exact) mass is 1100 g/mol. The number of carbonyl (C=O) groups excluding carboxylic acids is 4. The van der Waals surface area contributed by atoms with Gasteiger partial charge in [0, 0.05) is 36.1 Å². The molecule has 0 saturated carbocycles. The van der Waals surface area contributed by atoms with E-state index < -0.39 is 66.3 Å². The fraction of sp³-hybridized carbons (Fsp3) is 0.254. The van der Waals surface area contributed by atoms with Crippen molar-refractivity contribution in [3.63, 3.8) is 0 Å². The molecule has 0 heterocycles. The van der Waals surface area contributed by atoms with Crippen molar-refractivity contribution in [2.45, 2.75) is 63.1 Å². The van der Waals surface area contributed by atoms with Crippen LogP contribution < -0.4 is 39.9 Å². The number of ether oxygens (including phenoxy) is 6. The molecule has 0 aliphatic heterocycles. The fourth-order valence-corrected chi connectivity index (χ4v) is 8.10. The zero-order chi connectivity index (χ0) is 57.4. The summed E-state index contributed by atoms with van der Waals surface area (Å²) < 4.78 is 108. The molecule has 6 N–H and O–H groups in total. The third-order valence-corrected chi connectivity index (χ3v) is 12.2. The molecule has 14 nitrogen and oxygen atoms in total. The van der Waals surface area contributed by atoms with Crippen LogP contribution in [0.15, 0.2) is 146 Å². The van der Waals surface area contributed by atoms with E-state index in [1.165, 1.54) is 117 Å². The number of ketones is 2. The molecule has 0 radical (unpaired) electrons. The molecule has 0 saturated heterocycles. The number of anilines is 2. The molecule has 0 atom stereocenters. The SMILES string of the molecule is COc1cc(/C=C/C(=O)CC(Cc2ccc(N)cc2)(Cc2ccc(N)cc2)C(O)(O)C(=O)/C=C/c2ccc(OC(=O)c3ccc(OCCCC(F)(F)F)cc3)c(OC)c2)ccc1OC(=O)c1ccc(OCCCC(F)(F)F)cc1. The summed E-state index contributed by atoms with van der Waals surface area (Å²) in [7, 11) is 2.64. The molecular weight excluding hydrogens is 1040 g/mol. The third kappa shape index (κ3) is 17.7. The van der Waals surface area contributed by atoms with Gasteiger partial charge in [0.15, 0.2) is 28.8 Å². The van der Waals surface area contributed by atoms with Crippen LogP contribution in [0.1, 0.15) is 75.1 Å². The van der Waals surface area contributed by atoms with Gasteiger partial charge in [0.25, 0.3) is 0 Å². The summed E-state index contributed by atoms with van der Waals surface area (Å²) in [5.74, 6) is -6.00. The summed E-state index contributed by atoms with van der Waals surface area (Å²) in [6.45, 7) is -0.353. The van der Waals surface area contributed by atoms with Crippen molar-refractivity contribution in [2.24, 2.45) is 5.41 Å². The minimum absolute atomic E-state index is 0.0153. The van der Waals surface area contributed by atoms with Crippen molar-refractivity contribution in [1.82, 2.24) is 0 Å². The average Bonchev–Trinajstić information content (AvgIpc) is 3.42. The van der Waals surface area contributed by atoms with Gasteiger partial charge in [0.05, 0.1) is 38.6 Å². The van der Waals surface area contributed by atoms with Crippen LogP contribution in [-0.2, 0) is 22.4 Å². The van der Waals surface area contributed by atoms with E-state index in [0.29, 0.717) is 33.6 Å². The van der Waals surface area contributed by atoms with E-state index in [0.717, 1.165) is 6.08 Å². The van der Waals surface area contributed by atoms with Crippen molar-refractivity contribution in [3.8, 4) is 34.5 Å². The number of nitrogens with two attached hydrogens (primary N) is 2. The first-order valence-electron chi connectivity index (χ1n) is 24.4. The Kier molecular flexibility index (Phi) is 20.1. The summed E-state index contributed by atoms with van der Waals surface area (Å²) >= 11 is 0. The van der Waals surface area contributed by atoms with Gasteiger partial charge in [-0.1, -0.05) is 48.6 Å². The maximum atomic E-state index is 14.4. The molecule has 0 aliphatic carbocycles. The molecule has 6 rings (SSSR count). The van der Waals surface area contributed by atoms with Crippen LogP contribution >= 0.6 is 0 Å². The van der Waals surface area contributed by atoms with Gasteiger partial charge in [-0.25, -0.2) is 9.59 Å². The highest BCUT2D eigenvalue weighted by molar-refractivity contribution is 6.01. The van der Waals surface area contributed by atoms with Gasteiger partial charge in [0.1, 0.15) is 11.5 Å². The zero-order valence-electron chi connectivity index (χ0n) is 42.8. The minimum atomic E-state index is -4.30. The highest BCUT2D eigenvalue weighted by Crippen LogP contribution is 2.43. The maximum Gasteiger partial charge on any atom is 0.389 e. The van der Waals surface area contributed by atoms with E-state index in [2.05, 4.69) is 0 Å². The Balaban J connectivity index is 1.21. The lowest BCUT2D eigenvalue weighted by molar-refractivity contribution is -0.230. The van der Waals surface area contributed by atoms with Gasteiger partial charge in [-0.2, -0.15) is 26.3 Å². The molecule has 6 aromatic carbocycles. The Morgan fingerprint density at radius 2 is 0.911 bits per heavy atom. The van der Waals surface area contributed by atoms with E-state index >= 15 is 0 Å². The first-order valence-corrected chi connectivity index (χ1v) is 24.4. The highest BCUT2D eigenvalue weighted by Gasteiger charge is 2.54. The van der Waals surface area contributed by atoms with Crippen LogP contribution in [0, 0.1) is 5.41 Å². The lowest BCUT2D eigenvalue weighted by Gasteiger charge is -2.42. The molecule has 0 spiro atoms. The van der Waals surface area contributed by atoms with Crippen molar-refractivity contribution in [2.75, 3.05) is 38.9 Å². The zero-order valence-corrected chi connectivity index (χ0v) is 42.8. The topological polar surface area (TPSA) is 216 Å². The van der Waals surface area contributed by atoms with E-state index in [-0.39, 0.29) is 84.5 Å². The summed E-state index contributed by atoms with van der Waals surface area (Å²) in [6, 6.07) is 32.8. The molecule has 6 aromatic rings. The van der Waals surface area contributed by atoms with Gasteiger partial charge in [-0.05, 0) is 157 Å². The molecule has 0 bridgehead atoms. The average molecular weight is 1100 g/mol. The van der Waals surface area contributed by atoms with Crippen molar-refractivity contribution < 1.29 is 84.2 Å². The molecule has 0 amide bonds. The van der Waals surface area contributed by atoms with E-state index in [4.69, 9.17) is 39.9 Å². The minimum Gasteiger partial charge on any atom is -0.494 e. The second-order valence-corrected chi connectivity index (χ2v) is 18.2. The first kappa shape index (κ1) is 59.6. The van der Waals surface area contributed by atoms with Crippen LogP contribution in [0.3, 0.4) is 0 Å².